The van der Waals surface area contributed by atoms with E-state index in [4.69, 9.17) is 0 Å². The van der Waals surface area contributed by atoms with E-state index in [-0.39, 0.29) is 18.1 Å². The first-order chi connectivity index (χ1) is 16.6. The summed E-state index contributed by atoms with van der Waals surface area (Å²) < 4.78 is 0. The van der Waals surface area contributed by atoms with Gasteiger partial charge in [-0.15, -0.1) is 0 Å². The molecule has 2 aromatic heterocycles. The maximum absolute atomic E-state index is 12.4. The van der Waals surface area contributed by atoms with Gasteiger partial charge in [0.15, 0.2) is 0 Å². The summed E-state index contributed by atoms with van der Waals surface area (Å²) in [7, 11) is 0. The van der Waals surface area contributed by atoms with Crippen molar-refractivity contribution in [2.24, 2.45) is 0 Å². The molecule has 0 saturated heterocycles. The van der Waals surface area contributed by atoms with E-state index < -0.39 is 0 Å². The number of imidazole rings is 2. The zero-order chi connectivity index (χ0) is 23.8. The van der Waals surface area contributed by atoms with Crippen molar-refractivity contribution >= 4 is 29.3 Å². The van der Waals surface area contributed by atoms with E-state index in [9.17, 15) is 4.79 Å². The van der Waals surface area contributed by atoms with Crippen LogP contribution in [0.3, 0.4) is 0 Å². The Hall–Kier alpha value is -4.35. The molecule has 11 heteroatoms. The summed E-state index contributed by atoms with van der Waals surface area (Å²) in [4.78, 5) is 26.5. The number of hydrogen-bond donors (Lipinski definition) is 8. The van der Waals surface area contributed by atoms with Gasteiger partial charge >= 0.3 is 6.03 Å². The number of anilines is 4. The second-order valence-corrected chi connectivity index (χ2v) is 7.68. The highest BCUT2D eigenvalue weighted by Crippen LogP contribution is 2.18. The van der Waals surface area contributed by atoms with Crippen molar-refractivity contribution in [2.75, 3.05) is 21.5 Å². The number of nitrogens with zero attached hydrogens (tertiary/aromatic N) is 2. The molecule has 34 heavy (non-hydrogen) atoms. The lowest BCUT2D eigenvalue weighted by Gasteiger charge is -2.16. The summed E-state index contributed by atoms with van der Waals surface area (Å²) in [5.74, 6) is 1.29. The van der Waals surface area contributed by atoms with E-state index in [1.165, 1.54) is 0 Å². The van der Waals surface area contributed by atoms with Gasteiger partial charge in [0.05, 0.1) is 0 Å². The van der Waals surface area contributed by atoms with Crippen LogP contribution in [0.25, 0.3) is 0 Å². The second kappa shape index (κ2) is 11.0. The molecule has 0 aliphatic carbocycles. The number of carbonyl (C=O) groups is 1. The molecule has 0 aliphatic heterocycles. The molecule has 0 bridgehead atoms. The van der Waals surface area contributed by atoms with Gasteiger partial charge in [0, 0.05) is 48.2 Å². The average molecular weight is 461 g/mol. The molecule has 2 aromatic carbocycles. The third-order valence-corrected chi connectivity index (χ3v) is 5.15. The Bertz CT molecular complexity index is 1050. The molecule has 8 N–H and O–H groups in total. The number of rotatable bonds is 10. The van der Waals surface area contributed by atoms with Crippen LogP contribution in [0.15, 0.2) is 73.3 Å². The molecule has 2 amide bonds. The monoisotopic (exact) mass is 460 g/mol. The fourth-order valence-corrected chi connectivity index (χ4v) is 3.19. The molecule has 0 radical (unpaired) electrons. The molecule has 0 saturated carbocycles. The normalized spacial score (nSPS) is 12.5. The van der Waals surface area contributed by atoms with Crippen LogP contribution in [0.2, 0.25) is 0 Å². The minimum atomic E-state index is -0.309. The summed E-state index contributed by atoms with van der Waals surface area (Å²) >= 11 is 0. The lowest BCUT2D eigenvalue weighted by atomic mass is 10.1. The fraction of sp³-hybridized carbons (Fsp3) is 0.174. The number of aromatic amines is 2. The Balaban J connectivity index is 1.23. The third-order valence-electron chi connectivity index (χ3n) is 5.15. The van der Waals surface area contributed by atoms with Crippen LogP contribution >= 0.6 is 0 Å². The van der Waals surface area contributed by atoms with Crippen molar-refractivity contribution < 1.29 is 4.79 Å². The Morgan fingerprint density at radius 2 is 1.12 bits per heavy atom. The van der Waals surface area contributed by atoms with Gasteiger partial charge in [-0.2, -0.15) is 0 Å². The average Bonchev–Trinajstić information content (AvgIpc) is 3.56. The number of benzene rings is 2. The summed E-state index contributed by atoms with van der Waals surface area (Å²) in [6.45, 7) is 4.05. The maximum Gasteiger partial charge on any atom is 0.323 e. The van der Waals surface area contributed by atoms with Crippen molar-refractivity contribution in [1.29, 1.82) is 0 Å². The SMILES string of the molecule is CC(NNc1ncc[nH]1)c1ccc(NC(=O)Nc2ccc(C(C)NNc3ncc[nH]3)cc2)cc1. The van der Waals surface area contributed by atoms with Gasteiger partial charge in [-0.05, 0) is 49.2 Å². The molecular weight excluding hydrogens is 432 g/mol. The van der Waals surface area contributed by atoms with Gasteiger partial charge in [0.25, 0.3) is 0 Å². The van der Waals surface area contributed by atoms with Crippen LogP contribution in [0, 0.1) is 0 Å². The molecule has 0 spiro atoms. The minimum Gasteiger partial charge on any atom is -0.330 e. The molecule has 2 heterocycles. The van der Waals surface area contributed by atoms with Gasteiger partial charge in [0.1, 0.15) is 0 Å². The molecule has 0 aliphatic rings. The number of urea groups is 1. The van der Waals surface area contributed by atoms with Crippen LogP contribution in [-0.2, 0) is 0 Å². The van der Waals surface area contributed by atoms with E-state index in [2.05, 4.69) is 52.3 Å². The Morgan fingerprint density at radius 3 is 1.47 bits per heavy atom. The maximum atomic E-state index is 12.4. The molecule has 4 rings (SSSR count). The van der Waals surface area contributed by atoms with E-state index in [1.807, 2.05) is 62.4 Å². The predicted molar refractivity (Wildman–Crippen MR) is 133 cm³/mol. The van der Waals surface area contributed by atoms with Gasteiger partial charge in [-0.3, -0.25) is 10.9 Å². The minimum absolute atomic E-state index is 0.0395. The van der Waals surface area contributed by atoms with Crippen molar-refractivity contribution in [1.82, 2.24) is 30.8 Å². The van der Waals surface area contributed by atoms with Crippen molar-refractivity contribution in [3.8, 4) is 0 Å². The molecular formula is C23H28N10O. The first kappa shape index (κ1) is 22.8. The zero-order valence-electron chi connectivity index (χ0n) is 18.9. The van der Waals surface area contributed by atoms with E-state index in [0.717, 1.165) is 11.1 Å². The van der Waals surface area contributed by atoms with Gasteiger partial charge in [-0.1, -0.05) is 24.3 Å². The lowest BCUT2D eigenvalue weighted by molar-refractivity contribution is 0.262. The van der Waals surface area contributed by atoms with Crippen molar-refractivity contribution in [3.05, 3.63) is 84.4 Å². The standard InChI is InChI=1S/C23H28N10O/c1-15(30-32-21-24-11-12-25-21)17-3-7-19(8-4-17)28-23(34)29-20-9-5-18(6-10-20)16(2)31-33-22-26-13-14-27-22/h3-16,30-31H,1-2H3,(H2,24,25,32)(H2,26,27,33)(H2,28,29,34). The lowest BCUT2D eigenvalue weighted by Crippen LogP contribution is -2.26. The predicted octanol–water partition coefficient (Wildman–Crippen LogP) is 4.13. The van der Waals surface area contributed by atoms with E-state index in [0.29, 0.717) is 23.3 Å². The fourth-order valence-electron chi connectivity index (χ4n) is 3.19. The first-order valence-electron chi connectivity index (χ1n) is 10.9. The van der Waals surface area contributed by atoms with Crippen LogP contribution in [0.1, 0.15) is 37.1 Å². The summed E-state index contributed by atoms with van der Waals surface area (Å²) in [5.41, 5.74) is 15.9. The molecule has 2 unspecified atom stereocenters. The Kier molecular flexibility index (Phi) is 7.38. The van der Waals surface area contributed by atoms with Crippen molar-refractivity contribution in [3.63, 3.8) is 0 Å². The Morgan fingerprint density at radius 1 is 0.706 bits per heavy atom. The van der Waals surface area contributed by atoms with E-state index >= 15 is 0 Å². The quantitative estimate of drug-likeness (QED) is 0.166. The van der Waals surface area contributed by atoms with Crippen molar-refractivity contribution in [2.45, 2.75) is 25.9 Å². The molecule has 4 aromatic rings. The number of nitrogens with one attached hydrogen (secondary N) is 8. The van der Waals surface area contributed by atoms with Gasteiger partial charge < -0.3 is 20.6 Å². The summed E-state index contributed by atoms with van der Waals surface area (Å²) in [6.07, 6.45) is 6.84. The smallest absolute Gasteiger partial charge is 0.323 e. The highest BCUT2D eigenvalue weighted by molar-refractivity contribution is 5.99. The summed E-state index contributed by atoms with van der Waals surface area (Å²) in [5, 5.41) is 5.70. The largest absolute Gasteiger partial charge is 0.330 e. The topological polar surface area (TPSA) is 147 Å². The Labute approximate surface area is 197 Å². The second-order valence-electron chi connectivity index (χ2n) is 7.68. The van der Waals surface area contributed by atoms with Gasteiger partial charge in [0.2, 0.25) is 11.9 Å². The number of hydrazine groups is 2. The van der Waals surface area contributed by atoms with Crippen LogP contribution in [0.5, 0.6) is 0 Å². The number of carbonyl (C=O) groups excluding carboxylic acids is 1. The first-order valence-corrected chi connectivity index (χ1v) is 10.9. The van der Waals surface area contributed by atoms with Crippen LogP contribution in [0.4, 0.5) is 28.1 Å². The van der Waals surface area contributed by atoms with Crippen LogP contribution < -0.4 is 32.3 Å². The molecule has 11 nitrogen and oxygen atoms in total. The number of hydrogen-bond acceptors (Lipinski definition) is 7. The zero-order valence-corrected chi connectivity index (χ0v) is 18.9. The van der Waals surface area contributed by atoms with E-state index in [1.54, 1.807) is 24.8 Å². The third kappa shape index (κ3) is 6.34. The van der Waals surface area contributed by atoms with Gasteiger partial charge in [-0.25, -0.2) is 25.6 Å². The summed E-state index contributed by atoms with van der Waals surface area (Å²) in [6, 6.07) is 15.0. The number of amides is 2. The number of aromatic nitrogens is 4. The van der Waals surface area contributed by atoms with Crippen LogP contribution in [-0.4, -0.2) is 26.0 Å². The molecule has 176 valence electrons. The molecule has 2 atom stereocenters. The highest BCUT2D eigenvalue weighted by Gasteiger charge is 2.09. The molecule has 0 fully saturated rings. The number of H-pyrrole nitrogens is 2. The highest BCUT2D eigenvalue weighted by atomic mass is 16.2.